The van der Waals surface area contributed by atoms with E-state index in [2.05, 4.69) is 20.5 Å². The predicted octanol–water partition coefficient (Wildman–Crippen LogP) is 5.33. The molecule has 2 aromatic carbocycles. The van der Waals surface area contributed by atoms with E-state index in [1.807, 2.05) is 23.1 Å². The number of piperidine rings is 2. The van der Waals surface area contributed by atoms with E-state index >= 15 is 0 Å². The van der Waals surface area contributed by atoms with E-state index in [0.717, 1.165) is 56.6 Å². The van der Waals surface area contributed by atoms with E-state index < -0.39 is 0 Å². The van der Waals surface area contributed by atoms with E-state index in [0.29, 0.717) is 40.7 Å². The van der Waals surface area contributed by atoms with Crippen molar-refractivity contribution < 1.29 is 14.0 Å². The van der Waals surface area contributed by atoms with Crippen LogP contribution in [0.1, 0.15) is 47.2 Å². The smallest absolute Gasteiger partial charge is 0.255 e. The van der Waals surface area contributed by atoms with Gasteiger partial charge < -0.3 is 21.3 Å². The first-order valence-electron chi connectivity index (χ1n) is 14.1. The minimum absolute atomic E-state index is 0.0615. The zero-order valence-electron chi connectivity index (χ0n) is 23.2. The number of amides is 2. The highest BCUT2D eigenvalue weighted by molar-refractivity contribution is 6.31. The Balaban J connectivity index is 1.12. The van der Waals surface area contributed by atoms with Crippen molar-refractivity contribution in [1.29, 1.82) is 0 Å². The van der Waals surface area contributed by atoms with Crippen LogP contribution in [-0.2, 0) is 11.3 Å². The molecule has 2 amide bonds. The standard InChI is InChI=1S/C31H36ClFN6O2/c1-20-16-23(2-4-26(20)33)30(40)37-28-18-24(32)3-5-27(28)36-25-9-14-39(15-10-25)31(41)22-7-12-38(13-8-22)19-21-6-11-35-29(34)17-21/h2-6,11,16-18,22,25,36H,7-10,12-15,19H2,1H3,(H2,34,35)(H,37,40). The third kappa shape index (κ3) is 7.34. The van der Waals surface area contributed by atoms with Crippen LogP contribution >= 0.6 is 11.6 Å². The van der Waals surface area contributed by atoms with Crippen molar-refractivity contribution in [3.8, 4) is 0 Å². The minimum Gasteiger partial charge on any atom is -0.384 e. The van der Waals surface area contributed by atoms with Gasteiger partial charge in [0.15, 0.2) is 0 Å². The van der Waals surface area contributed by atoms with Crippen molar-refractivity contribution in [3.63, 3.8) is 0 Å². The molecule has 4 N–H and O–H groups in total. The molecule has 10 heteroatoms. The van der Waals surface area contributed by atoms with E-state index in [9.17, 15) is 14.0 Å². The average Bonchev–Trinajstić information content (AvgIpc) is 2.96. The molecule has 0 unspecified atom stereocenters. The topological polar surface area (TPSA) is 104 Å². The summed E-state index contributed by atoms with van der Waals surface area (Å²) >= 11 is 6.24. The molecule has 3 heterocycles. The van der Waals surface area contributed by atoms with Gasteiger partial charge in [-0.25, -0.2) is 9.37 Å². The molecule has 0 spiro atoms. The zero-order chi connectivity index (χ0) is 28.9. The molecule has 3 aromatic rings. The molecule has 8 nitrogen and oxygen atoms in total. The molecule has 0 aliphatic carbocycles. The lowest BCUT2D eigenvalue weighted by Crippen LogP contribution is -2.47. The van der Waals surface area contributed by atoms with Crippen molar-refractivity contribution in [2.24, 2.45) is 5.92 Å². The number of nitrogens with zero attached hydrogens (tertiary/aromatic N) is 3. The molecule has 0 bridgehead atoms. The van der Waals surface area contributed by atoms with Crippen LogP contribution in [0, 0.1) is 18.7 Å². The van der Waals surface area contributed by atoms with E-state index in [1.54, 1.807) is 25.3 Å². The van der Waals surface area contributed by atoms with Crippen LogP contribution in [0.5, 0.6) is 0 Å². The van der Waals surface area contributed by atoms with E-state index in [1.165, 1.54) is 18.2 Å². The van der Waals surface area contributed by atoms with Crippen molar-refractivity contribution in [3.05, 3.63) is 82.3 Å². The van der Waals surface area contributed by atoms with Crippen LogP contribution in [0.3, 0.4) is 0 Å². The maximum atomic E-state index is 13.7. The fraction of sp³-hybridized carbons (Fsp3) is 0.387. The predicted molar refractivity (Wildman–Crippen MR) is 160 cm³/mol. The third-order valence-corrected chi connectivity index (χ3v) is 8.24. The maximum Gasteiger partial charge on any atom is 0.255 e. The third-order valence-electron chi connectivity index (χ3n) is 8.00. The van der Waals surface area contributed by atoms with Gasteiger partial charge in [0.25, 0.3) is 5.91 Å². The number of likely N-dealkylation sites (tertiary alicyclic amines) is 2. The summed E-state index contributed by atoms with van der Waals surface area (Å²) in [5.41, 5.74) is 9.05. The zero-order valence-corrected chi connectivity index (χ0v) is 24.0. The Bertz CT molecular complexity index is 1400. The van der Waals surface area contributed by atoms with Crippen LogP contribution < -0.4 is 16.4 Å². The number of hydrogen-bond acceptors (Lipinski definition) is 6. The summed E-state index contributed by atoms with van der Waals surface area (Å²) in [5, 5.41) is 6.94. The number of benzene rings is 2. The molecule has 0 saturated carbocycles. The molecule has 0 radical (unpaired) electrons. The van der Waals surface area contributed by atoms with E-state index in [-0.39, 0.29) is 29.6 Å². The molecule has 2 aliphatic rings. The van der Waals surface area contributed by atoms with Crippen molar-refractivity contribution in [2.45, 2.75) is 45.2 Å². The molecule has 5 rings (SSSR count). The van der Waals surface area contributed by atoms with Gasteiger partial charge in [-0.05, 0) is 105 Å². The van der Waals surface area contributed by atoms with Gasteiger partial charge in [-0.15, -0.1) is 0 Å². The highest BCUT2D eigenvalue weighted by Crippen LogP contribution is 2.30. The lowest BCUT2D eigenvalue weighted by molar-refractivity contribution is -0.138. The lowest BCUT2D eigenvalue weighted by atomic mass is 9.93. The number of rotatable bonds is 7. The van der Waals surface area contributed by atoms with Crippen LogP contribution in [0.15, 0.2) is 54.7 Å². The molecule has 41 heavy (non-hydrogen) atoms. The second-order valence-electron chi connectivity index (χ2n) is 11.0. The Morgan fingerprint density at radius 2 is 1.76 bits per heavy atom. The van der Waals surface area contributed by atoms with Crippen LogP contribution in [0.4, 0.5) is 21.6 Å². The number of hydrogen-bond donors (Lipinski definition) is 3. The lowest BCUT2D eigenvalue weighted by Gasteiger charge is -2.37. The molecule has 0 atom stereocenters. The van der Waals surface area contributed by atoms with Gasteiger partial charge in [-0.2, -0.15) is 0 Å². The summed E-state index contributed by atoms with van der Waals surface area (Å²) in [7, 11) is 0. The molecular formula is C31H36ClFN6O2. The summed E-state index contributed by atoms with van der Waals surface area (Å²) in [6.45, 7) is 5.60. The fourth-order valence-corrected chi connectivity index (χ4v) is 5.81. The number of carbonyl (C=O) groups excluding carboxylic acids is 2. The fourth-order valence-electron chi connectivity index (χ4n) is 5.64. The number of carbonyl (C=O) groups is 2. The Hall–Kier alpha value is -3.69. The summed E-state index contributed by atoms with van der Waals surface area (Å²) in [5.74, 6) is 0.156. The molecule has 2 aliphatic heterocycles. The number of aryl methyl sites for hydroxylation is 1. The number of halogens is 2. The molecule has 2 saturated heterocycles. The van der Waals surface area contributed by atoms with Crippen molar-refractivity contribution >= 4 is 40.6 Å². The van der Waals surface area contributed by atoms with Gasteiger partial charge in [0.2, 0.25) is 5.91 Å². The van der Waals surface area contributed by atoms with Gasteiger partial charge in [-0.3, -0.25) is 14.5 Å². The number of pyridine rings is 1. The largest absolute Gasteiger partial charge is 0.384 e. The molecule has 216 valence electrons. The van der Waals surface area contributed by atoms with Gasteiger partial charge in [0.1, 0.15) is 11.6 Å². The Kier molecular flexibility index (Phi) is 9.05. The molecular weight excluding hydrogens is 543 g/mol. The highest BCUT2D eigenvalue weighted by Gasteiger charge is 2.31. The number of nitrogens with two attached hydrogens (primary N) is 1. The normalized spacial score (nSPS) is 16.9. The summed E-state index contributed by atoms with van der Waals surface area (Å²) in [6, 6.07) is 13.6. The SMILES string of the molecule is Cc1cc(C(=O)Nc2cc(Cl)ccc2NC2CCN(C(=O)C3CCN(Cc4ccnc(N)c4)CC3)CC2)ccc1F. The molecule has 2 fully saturated rings. The first kappa shape index (κ1) is 28.8. The average molecular weight is 579 g/mol. The van der Waals surface area contributed by atoms with Gasteiger partial charge in [-0.1, -0.05) is 11.6 Å². The van der Waals surface area contributed by atoms with Gasteiger partial charge in [0, 0.05) is 48.4 Å². The number of anilines is 3. The molecule has 1 aromatic heterocycles. The number of nitrogen functional groups attached to an aromatic ring is 1. The Labute approximate surface area is 245 Å². The van der Waals surface area contributed by atoms with Crippen LogP contribution in [-0.4, -0.2) is 58.8 Å². The van der Waals surface area contributed by atoms with Crippen LogP contribution in [0.2, 0.25) is 5.02 Å². The summed E-state index contributed by atoms with van der Waals surface area (Å²) in [6.07, 6.45) is 5.07. The minimum atomic E-state index is -0.353. The number of aromatic nitrogens is 1. The maximum absolute atomic E-state index is 13.7. The summed E-state index contributed by atoms with van der Waals surface area (Å²) in [4.78, 5) is 34.6. The van der Waals surface area contributed by atoms with E-state index in [4.69, 9.17) is 17.3 Å². The first-order chi connectivity index (χ1) is 19.7. The Morgan fingerprint density at radius 1 is 1.00 bits per heavy atom. The second-order valence-corrected chi connectivity index (χ2v) is 11.4. The monoisotopic (exact) mass is 578 g/mol. The van der Waals surface area contributed by atoms with Gasteiger partial charge >= 0.3 is 0 Å². The van der Waals surface area contributed by atoms with Crippen LogP contribution in [0.25, 0.3) is 0 Å². The highest BCUT2D eigenvalue weighted by atomic mass is 35.5. The van der Waals surface area contributed by atoms with Gasteiger partial charge in [0.05, 0.1) is 11.4 Å². The first-order valence-corrected chi connectivity index (χ1v) is 14.5. The Morgan fingerprint density at radius 3 is 2.46 bits per heavy atom. The van der Waals surface area contributed by atoms with Crippen molar-refractivity contribution in [2.75, 3.05) is 42.5 Å². The quantitative estimate of drug-likeness (QED) is 0.350. The van der Waals surface area contributed by atoms with Crippen molar-refractivity contribution in [1.82, 2.24) is 14.8 Å². The number of nitrogens with one attached hydrogen (secondary N) is 2. The second kappa shape index (κ2) is 12.9. The summed E-state index contributed by atoms with van der Waals surface area (Å²) < 4.78 is 13.7.